The average molecular weight is 371 g/mol. The van der Waals surface area contributed by atoms with Gasteiger partial charge in [-0.1, -0.05) is 11.6 Å². The number of aliphatic hydroxyl groups excluding tert-OH is 1. The van der Waals surface area contributed by atoms with Crippen LogP contribution < -0.4 is 5.06 Å². The molecule has 3 rings (SSSR count). The Kier molecular flexibility index (Phi) is 4.38. The van der Waals surface area contributed by atoms with Gasteiger partial charge in [0.1, 0.15) is 23.8 Å². The third-order valence-electron chi connectivity index (χ3n) is 3.48. The van der Waals surface area contributed by atoms with E-state index in [4.69, 9.17) is 22.1 Å². The lowest BCUT2D eigenvalue weighted by Gasteiger charge is -2.18. The molecular weight excluding hydrogens is 361 g/mol. The predicted octanol–water partition coefficient (Wildman–Crippen LogP) is 3.35. The second-order valence-corrected chi connectivity index (χ2v) is 5.45. The van der Waals surface area contributed by atoms with Gasteiger partial charge in [0.05, 0.1) is 16.2 Å². The van der Waals surface area contributed by atoms with Gasteiger partial charge >= 0.3 is 0 Å². The first kappa shape index (κ1) is 17.2. The maximum atomic E-state index is 13.9. The van der Waals surface area contributed by atoms with Crippen LogP contribution in [-0.4, -0.2) is 26.1 Å². The number of imidazole rings is 1. The summed E-state index contributed by atoms with van der Waals surface area (Å²) in [6.07, 6.45) is 0. The van der Waals surface area contributed by atoms with Gasteiger partial charge in [0.25, 0.3) is 0 Å². The third kappa shape index (κ3) is 2.93. The third-order valence-corrected chi connectivity index (χ3v) is 3.76. The number of hydrogen-bond donors (Lipinski definition) is 4. The van der Waals surface area contributed by atoms with Crippen molar-refractivity contribution in [3.05, 3.63) is 58.1 Å². The van der Waals surface area contributed by atoms with Gasteiger partial charge in [0.2, 0.25) is 0 Å². The molecule has 1 heterocycles. The topological polar surface area (TPSA) is 96.2 Å². The van der Waals surface area contributed by atoms with Gasteiger partial charge < -0.3 is 10.1 Å². The van der Waals surface area contributed by atoms with Crippen LogP contribution in [0.2, 0.25) is 5.02 Å². The molecule has 10 heteroatoms. The van der Waals surface area contributed by atoms with Gasteiger partial charge in [-0.3, -0.25) is 10.6 Å². The molecule has 0 bridgehead atoms. The molecule has 0 radical (unpaired) electrons. The minimum Gasteiger partial charge on any atom is -0.388 e. The summed E-state index contributed by atoms with van der Waals surface area (Å²) in [7, 11) is 0. The van der Waals surface area contributed by atoms with E-state index in [1.54, 1.807) is 0 Å². The quantitative estimate of drug-likeness (QED) is 0.323. The first-order valence-corrected chi connectivity index (χ1v) is 7.21. The van der Waals surface area contributed by atoms with E-state index in [1.165, 1.54) is 0 Å². The van der Waals surface area contributed by atoms with Crippen molar-refractivity contribution in [1.29, 1.82) is 5.41 Å². The summed E-state index contributed by atoms with van der Waals surface area (Å²) in [6, 6.07) is 3.90. The van der Waals surface area contributed by atoms with Crippen molar-refractivity contribution in [3.8, 4) is 0 Å². The minimum atomic E-state index is -1.28. The molecular formula is C15H10ClF3N4O2. The summed E-state index contributed by atoms with van der Waals surface area (Å²) in [5.41, 5.74) is -0.783. The Balaban J connectivity index is 2.11. The molecule has 0 aliphatic carbocycles. The van der Waals surface area contributed by atoms with E-state index < -0.39 is 35.4 Å². The average Bonchev–Trinajstić information content (AvgIpc) is 3.04. The highest BCUT2D eigenvalue weighted by atomic mass is 35.5. The van der Waals surface area contributed by atoms with E-state index in [1.807, 2.05) is 0 Å². The normalized spacial score (nSPS) is 11.1. The molecule has 130 valence electrons. The van der Waals surface area contributed by atoms with E-state index in [0.29, 0.717) is 11.1 Å². The minimum absolute atomic E-state index is 0.0390. The van der Waals surface area contributed by atoms with Crippen molar-refractivity contribution < 1.29 is 23.5 Å². The van der Waals surface area contributed by atoms with Crippen LogP contribution in [0.1, 0.15) is 11.4 Å². The Morgan fingerprint density at radius 3 is 2.60 bits per heavy atom. The molecule has 2 aromatic carbocycles. The fraction of sp³-hybridized carbons (Fsp3) is 0.0667. The summed E-state index contributed by atoms with van der Waals surface area (Å²) >= 11 is 5.63. The summed E-state index contributed by atoms with van der Waals surface area (Å²) in [6.45, 7) is -0.557. The maximum Gasteiger partial charge on any atom is 0.186 e. The maximum absolute atomic E-state index is 13.9. The number of nitrogens with one attached hydrogen (secondary N) is 2. The van der Waals surface area contributed by atoms with E-state index in [2.05, 4.69) is 9.97 Å². The number of aliphatic hydroxyl groups is 1. The fourth-order valence-corrected chi connectivity index (χ4v) is 2.45. The van der Waals surface area contributed by atoms with Crippen molar-refractivity contribution in [3.63, 3.8) is 0 Å². The first-order chi connectivity index (χ1) is 11.8. The Morgan fingerprint density at radius 1 is 1.24 bits per heavy atom. The summed E-state index contributed by atoms with van der Waals surface area (Å²) in [4.78, 5) is 6.26. The van der Waals surface area contributed by atoms with Gasteiger partial charge in [-0.2, -0.15) is 0 Å². The highest BCUT2D eigenvalue weighted by Crippen LogP contribution is 2.27. The fourth-order valence-electron chi connectivity index (χ4n) is 2.27. The van der Waals surface area contributed by atoms with E-state index in [9.17, 15) is 18.4 Å². The SMILES string of the molecule is N=C(c1cc(F)c(F)c2nc(CO)[nH]c12)N(O)c1ccc(F)c(Cl)c1. The summed E-state index contributed by atoms with van der Waals surface area (Å²) in [5.74, 6) is -3.94. The summed E-state index contributed by atoms with van der Waals surface area (Å²) in [5, 5.41) is 27.4. The number of rotatable bonds is 3. The standard InChI is InChI=1S/C15H10ClF3N4O2/c16-8-3-6(1-2-9(8)17)23(25)15(20)7-4-10(18)12(19)14-13(7)21-11(5-24)22-14/h1-4,20,24-25H,5H2,(H,21,22). The molecule has 0 amide bonds. The monoisotopic (exact) mass is 370 g/mol. The van der Waals surface area contributed by atoms with Crippen LogP contribution in [0.15, 0.2) is 24.3 Å². The summed E-state index contributed by atoms with van der Waals surface area (Å²) < 4.78 is 40.9. The molecule has 6 nitrogen and oxygen atoms in total. The number of aromatic nitrogens is 2. The van der Waals surface area contributed by atoms with Crippen molar-refractivity contribution in [2.75, 3.05) is 5.06 Å². The molecule has 0 unspecified atom stereocenters. The zero-order valence-electron chi connectivity index (χ0n) is 12.3. The smallest absolute Gasteiger partial charge is 0.186 e. The number of hydroxylamine groups is 1. The van der Waals surface area contributed by atoms with Crippen molar-refractivity contribution in [2.45, 2.75) is 6.61 Å². The van der Waals surface area contributed by atoms with E-state index in [-0.39, 0.29) is 27.6 Å². The van der Waals surface area contributed by atoms with Crippen LogP contribution in [0.25, 0.3) is 11.0 Å². The number of benzene rings is 2. The van der Waals surface area contributed by atoms with Gasteiger partial charge in [-0.15, -0.1) is 0 Å². The van der Waals surface area contributed by atoms with Crippen LogP contribution in [-0.2, 0) is 6.61 Å². The predicted molar refractivity (Wildman–Crippen MR) is 84.4 cm³/mol. The van der Waals surface area contributed by atoms with E-state index in [0.717, 1.165) is 18.2 Å². The number of nitrogens with zero attached hydrogens (tertiary/aromatic N) is 2. The Hall–Kier alpha value is -2.62. The molecule has 0 saturated heterocycles. The molecule has 0 aliphatic heterocycles. The van der Waals surface area contributed by atoms with Crippen LogP contribution in [0.4, 0.5) is 18.9 Å². The number of fused-ring (bicyclic) bond motifs is 1. The van der Waals surface area contributed by atoms with Crippen LogP contribution in [0.3, 0.4) is 0 Å². The Morgan fingerprint density at radius 2 is 1.96 bits per heavy atom. The van der Waals surface area contributed by atoms with Crippen LogP contribution >= 0.6 is 11.6 Å². The van der Waals surface area contributed by atoms with Crippen molar-refractivity contribution in [2.24, 2.45) is 0 Å². The Bertz CT molecular complexity index is 993. The molecule has 4 N–H and O–H groups in total. The Labute approximate surface area is 143 Å². The number of halogens is 4. The van der Waals surface area contributed by atoms with Gasteiger partial charge in [-0.25, -0.2) is 23.2 Å². The number of anilines is 1. The molecule has 25 heavy (non-hydrogen) atoms. The van der Waals surface area contributed by atoms with Crippen LogP contribution in [0.5, 0.6) is 0 Å². The lowest BCUT2D eigenvalue weighted by Crippen LogP contribution is -2.27. The second-order valence-electron chi connectivity index (χ2n) is 5.04. The van der Waals surface area contributed by atoms with Gasteiger partial charge in [-0.05, 0) is 24.3 Å². The van der Waals surface area contributed by atoms with Gasteiger partial charge in [0.15, 0.2) is 17.5 Å². The van der Waals surface area contributed by atoms with Gasteiger partial charge in [0, 0.05) is 5.56 Å². The molecule has 0 atom stereocenters. The number of aromatic amines is 1. The van der Waals surface area contributed by atoms with Crippen molar-refractivity contribution >= 4 is 34.2 Å². The number of hydrogen-bond acceptors (Lipinski definition) is 4. The number of H-pyrrole nitrogens is 1. The zero-order valence-corrected chi connectivity index (χ0v) is 13.1. The molecule has 0 aliphatic rings. The highest BCUT2D eigenvalue weighted by Gasteiger charge is 2.22. The van der Waals surface area contributed by atoms with Crippen molar-refractivity contribution in [1.82, 2.24) is 9.97 Å². The molecule has 3 aromatic rings. The lowest BCUT2D eigenvalue weighted by molar-refractivity contribution is 0.273. The van der Waals surface area contributed by atoms with Crippen LogP contribution in [0, 0.1) is 22.9 Å². The number of amidine groups is 1. The molecule has 0 fully saturated rings. The molecule has 0 saturated carbocycles. The first-order valence-electron chi connectivity index (χ1n) is 6.84. The lowest BCUT2D eigenvalue weighted by atomic mass is 10.1. The second kappa shape index (κ2) is 6.36. The largest absolute Gasteiger partial charge is 0.388 e. The molecule has 1 aromatic heterocycles. The highest BCUT2D eigenvalue weighted by molar-refractivity contribution is 6.31. The molecule has 0 spiro atoms. The zero-order chi connectivity index (χ0) is 18.3. The van der Waals surface area contributed by atoms with E-state index >= 15 is 0 Å².